The van der Waals surface area contributed by atoms with Gasteiger partial charge in [0.1, 0.15) is 0 Å². The Kier molecular flexibility index (Phi) is 5.19. The van der Waals surface area contributed by atoms with Crippen LogP contribution in [-0.4, -0.2) is 29.6 Å². The summed E-state index contributed by atoms with van der Waals surface area (Å²) in [4.78, 5) is 2.63. The quantitative estimate of drug-likeness (QED) is 0.832. The van der Waals surface area contributed by atoms with Crippen molar-refractivity contribution in [3.05, 3.63) is 71.3 Å². The molecule has 1 fully saturated rings. The van der Waals surface area contributed by atoms with Gasteiger partial charge in [0, 0.05) is 6.54 Å². The third-order valence-corrected chi connectivity index (χ3v) is 6.17. The van der Waals surface area contributed by atoms with Crippen molar-refractivity contribution >= 4 is 0 Å². The fraction of sp³-hybridized carbons (Fsp3) is 0.478. The fourth-order valence-corrected chi connectivity index (χ4v) is 4.71. The zero-order chi connectivity index (χ0) is 17.1. The molecule has 2 aliphatic rings. The Morgan fingerprint density at radius 1 is 0.880 bits per heavy atom. The number of aryl methyl sites for hydroxylation is 1. The van der Waals surface area contributed by atoms with Crippen LogP contribution in [0.4, 0.5) is 0 Å². The maximum atomic E-state index is 10.6. The van der Waals surface area contributed by atoms with Crippen LogP contribution in [0.2, 0.25) is 0 Å². The number of benzene rings is 2. The highest BCUT2D eigenvalue weighted by molar-refractivity contribution is 5.30. The lowest BCUT2D eigenvalue weighted by Crippen LogP contribution is -2.36. The van der Waals surface area contributed by atoms with Gasteiger partial charge in [0.25, 0.3) is 0 Å². The number of hydrogen-bond donors (Lipinski definition) is 1. The molecule has 0 aromatic heterocycles. The Morgan fingerprint density at radius 2 is 1.60 bits per heavy atom. The maximum Gasteiger partial charge on any atom is 0.0795 e. The van der Waals surface area contributed by atoms with E-state index in [9.17, 15) is 5.11 Å². The predicted molar refractivity (Wildman–Crippen MR) is 103 cm³/mol. The average molecular weight is 335 g/mol. The molecule has 1 saturated heterocycles. The van der Waals surface area contributed by atoms with Gasteiger partial charge in [-0.2, -0.15) is 0 Å². The zero-order valence-electron chi connectivity index (χ0n) is 15.0. The molecular weight excluding hydrogens is 306 g/mol. The van der Waals surface area contributed by atoms with Gasteiger partial charge in [-0.25, -0.2) is 0 Å². The second-order valence-electron chi connectivity index (χ2n) is 7.84. The second-order valence-corrected chi connectivity index (χ2v) is 7.84. The van der Waals surface area contributed by atoms with Gasteiger partial charge in [0.05, 0.1) is 6.10 Å². The van der Waals surface area contributed by atoms with Crippen molar-refractivity contribution in [1.29, 1.82) is 0 Å². The first-order valence-electron chi connectivity index (χ1n) is 9.83. The van der Waals surface area contributed by atoms with Crippen LogP contribution >= 0.6 is 0 Å². The molecule has 4 rings (SSSR count). The molecule has 0 amide bonds. The van der Waals surface area contributed by atoms with E-state index in [4.69, 9.17) is 0 Å². The van der Waals surface area contributed by atoms with Gasteiger partial charge in [-0.3, -0.25) is 0 Å². The van der Waals surface area contributed by atoms with Crippen molar-refractivity contribution in [2.24, 2.45) is 5.92 Å². The van der Waals surface area contributed by atoms with Crippen molar-refractivity contribution in [2.45, 2.75) is 44.1 Å². The highest BCUT2D eigenvalue weighted by Crippen LogP contribution is 2.34. The maximum absolute atomic E-state index is 10.6. The van der Waals surface area contributed by atoms with Crippen LogP contribution in [0.3, 0.4) is 0 Å². The molecule has 0 bridgehead atoms. The number of nitrogens with zero attached hydrogens (tertiary/aromatic N) is 1. The largest absolute Gasteiger partial charge is 0.388 e. The van der Waals surface area contributed by atoms with E-state index in [1.54, 1.807) is 0 Å². The molecule has 1 aliphatic heterocycles. The third kappa shape index (κ3) is 3.96. The Balaban J connectivity index is 1.32. The summed E-state index contributed by atoms with van der Waals surface area (Å²) in [6.07, 6.45) is 5.46. The minimum Gasteiger partial charge on any atom is -0.388 e. The number of fused-ring (bicyclic) bond motifs is 1. The Labute approximate surface area is 151 Å². The van der Waals surface area contributed by atoms with Crippen LogP contribution < -0.4 is 0 Å². The molecule has 0 spiro atoms. The highest BCUT2D eigenvalue weighted by Gasteiger charge is 2.26. The molecule has 2 nitrogen and oxygen atoms in total. The molecular formula is C23H29NO. The molecule has 132 valence electrons. The molecule has 0 unspecified atom stereocenters. The van der Waals surface area contributed by atoms with E-state index in [0.717, 1.165) is 30.9 Å². The summed E-state index contributed by atoms with van der Waals surface area (Å²) in [5.74, 6) is 1.33. The molecule has 2 heteroatoms. The van der Waals surface area contributed by atoms with Crippen LogP contribution in [-0.2, 0) is 6.42 Å². The lowest BCUT2D eigenvalue weighted by molar-refractivity contribution is 0.117. The fourth-order valence-electron chi connectivity index (χ4n) is 4.71. The monoisotopic (exact) mass is 335 g/mol. The molecule has 2 aromatic rings. The van der Waals surface area contributed by atoms with Crippen LogP contribution in [0.5, 0.6) is 0 Å². The van der Waals surface area contributed by atoms with E-state index in [-0.39, 0.29) is 6.10 Å². The standard InChI is InChI=1S/C23H29NO/c25-23-16-18(10-11-21-8-4-5-9-22(21)23)17-24-14-12-20(13-15-24)19-6-2-1-3-7-19/h1-9,18,20,23,25H,10-17H2/t18-,23+/m0/s1. The summed E-state index contributed by atoms with van der Waals surface area (Å²) in [5.41, 5.74) is 4.01. The first-order valence-corrected chi connectivity index (χ1v) is 9.83. The lowest BCUT2D eigenvalue weighted by atomic mass is 9.88. The average Bonchev–Trinajstić information content (AvgIpc) is 2.82. The van der Waals surface area contributed by atoms with Gasteiger partial charge >= 0.3 is 0 Å². The lowest BCUT2D eigenvalue weighted by Gasteiger charge is -2.34. The topological polar surface area (TPSA) is 23.5 Å². The second kappa shape index (κ2) is 7.72. The van der Waals surface area contributed by atoms with Gasteiger partial charge in [-0.1, -0.05) is 54.6 Å². The van der Waals surface area contributed by atoms with Crippen LogP contribution in [0.15, 0.2) is 54.6 Å². The van der Waals surface area contributed by atoms with Crippen molar-refractivity contribution in [3.63, 3.8) is 0 Å². The van der Waals surface area contributed by atoms with Gasteiger partial charge in [-0.05, 0) is 73.7 Å². The number of hydrogen-bond acceptors (Lipinski definition) is 2. The Hall–Kier alpha value is -1.64. The molecule has 1 N–H and O–H groups in total. The summed E-state index contributed by atoms with van der Waals surface area (Å²) in [5, 5.41) is 10.6. The van der Waals surface area contributed by atoms with E-state index in [2.05, 4.69) is 59.5 Å². The van der Waals surface area contributed by atoms with E-state index in [1.165, 1.54) is 43.5 Å². The number of aliphatic hydroxyl groups excluding tert-OH is 1. The van der Waals surface area contributed by atoms with E-state index >= 15 is 0 Å². The van der Waals surface area contributed by atoms with Gasteiger partial charge in [-0.15, -0.1) is 0 Å². The number of piperidine rings is 1. The minimum atomic E-state index is -0.287. The number of likely N-dealkylation sites (tertiary alicyclic amines) is 1. The summed E-state index contributed by atoms with van der Waals surface area (Å²) in [6.45, 7) is 3.53. The number of aliphatic hydroxyl groups is 1. The van der Waals surface area contributed by atoms with Crippen molar-refractivity contribution in [3.8, 4) is 0 Å². The van der Waals surface area contributed by atoms with Crippen molar-refractivity contribution in [2.75, 3.05) is 19.6 Å². The smallest absolute Gasteiger partial charge is 0.0795 e. The molecule has 0 radical (unpaired) electrons. The predicted octanol–water partition coefficient (Wildman–Crippen LogP) is 4.55. The van der Waals surface area contributed by atoms with Crippen LogP contribution in [0.25, 0.3) is 0 Å². The number of rotatable bonds is 3. The van der Waals surface area contributed by atoms with Crippen molar-refractivity contribution in [1.82, 2.24) is 4.90 Å². The minimum absolute atomic E-state index is 0.287. The molecule has 25 heavy (non-hydrogen) atoms. The molecule has 0 saturated carbocycles. The third-order valence-electron chi connectivity index (χ3n) is 6.17. The molecule has 1 aliphatic carbocycles. The summed E-state index contributed by atoms with van der Waals surface area (Å²) in [7, 11) is 0. The summed E-state index contributed by atoms with van der Waals surface area (Å²) >= 11 is 0. The highest BCUT2D eigenvalue weighted by atomic mass is 16.3. The van der Waals surface area contributed by atoms with Gasteiger partial charge < -0.3 is 10.0 Å². The molecule has 2 atom stereocenters. The zero-order valence-corrected chi connectivity index (χ0v) is 15.0. The van der Waals surface area contributed by atoms with Crippen molar-refractivity contribution < 1.29 is 5.11 Å². The van der Waals surface area contributed by atoms with E-state index in [1.807, 2.05) is 0 Å². The summed E-state index contributed by atoms with van der Waals surface area (Å²) < 4.78 is 0. The van der Waals surface area contributed by atoms with Gasteiger partial charge in [0.2, 0.25) is 0 Å². The van der Waals surface area contributed by atoms with Crippen LogP contribution in [0, 0.1) is 5.92 Å². The Morgan fingerprint density at radius 3 is 2.40 bits per heavy atom. The van der Waals surface area contributed by atoms with E-state index < -0.39 is 0 Å². The molecule has 1 heterocycles. The molecule has 2 aromatic carbocycles. The first-order chi connectivity index (χ1) is 12.3. The van der Waals surface area contributed by atoms with E-state index in [0.29, 0.717) is 5.92 Å². The van der Waals surface area contributed by atoms with Gasteiger partial charge in [0.15, 0.2) is 0 Å². The van der Waals surface area contributed by atoms with Crippen LogP contribution in [0.1, 0.15) is 54.4 Å². The SMILES string of the molecule is O[C@@H]1C[C@@H](CN2CCC(c3ccccc3)CC2)CCc2ccccc21. The normalized spacial score (nSPS) is 25.3. The Bertz CT molecular complexity index is 676. The first kappa shape index (κ1) is 16.8. The summed E-state index contributed by atoms with van der Waals surface area (Å²) in [6, 6.07) is 19.4.